The molecule has 1 unspecified atom stereocenters. The predicted octanol–water partition coefficient (Wildman–Crippen LogP) is 3.11. The number of hydrogen-bond donors (Lipinski definition) is 2. The van der Waals surface area contributed by atoms with Gasteiger partial charge in [0.1, 0.15) is 0 Å². The summed E-state index contributed by atoms with van der Waals surface area (Å²) in [4.78, 5) is 11.7. The molecule has 3 N–H and O–H groups in total. The number of nitrogens with one attached hydrogen (secondary N) is 1. The van der Waals surface area contributed by atoms with Crippen LogP contribution in [0, 0.1) is 11.8 Å². The predicted molar refractivity (Wildman–Crippen MR) is 81.0 cm³/mol. The van der Waals surface area contributed by atoms with E-state index in [1.54, 1.807) is 0 Å². The summed E-state index contributed by atoms with van der Waals surface area (Å²) in [5.74, 6) is 1.08. The third kappa shape index (κ3) is 9.72. The fourth-order valence-electron chi connectivity index (χ4n) is 1.93. The van der Waals surface area contributed by atoms with Gasteiger partial charge in [0.05, 0.1) is 6.04 Å². The summed E-state index contributed by atoms with van der Waals surface area (Å²) in [6.07, 6.45) is 5.55. The molecule has 0 aromatic rings. The second-order valence-corrected chi connectivity index (χ2v) is 5.40. The van der Waals surface area contributed by atoms with Gasteiger partial charge in [0.2, 0.25) is 5.91 Å². The van der Waals surface area contributed by atoms with Gasteiger partial charge in [0.25, 0.3) is 0 Å². The number of nitrogens with two attached hydrogens (primary N) is 1. The van der Waals surface area contributed by atoms with E-state index in [4.69, 9.17) is 5.73 Å². The molecule has 0 aliphatic carbocycles. The molecule has 0 bridgehead atoms. The van der Waals surface area contributed by atoms with Gasteiger partial charge in [-0.15, -0.1) is 12.4 Å². The van der Waals surface area contributed by atoms with Crippen LogP contribution in [0.4, 0.5) is 0 Å². The molecule has 0 aromatic carbocycles. The molecule has 0 rings (SSSR count). The van der Waals surface area contributed by atoms with E-state index in [1.807, 2.05) is 0 Å². The highest BCUT2D eigenvalue weighted by molar-refractivity contribution is 5.85. The molecule has 0 saturated heterocycles. The normalized spacial score (nSPS) is 13.9. The molecule has 0 aliphatic heterocycles. The Morgan fingerprint density at radius 2 is 1.89 bits per heavy atom. The summed E-state index contributed by atoms with van der Waals surface area (Å²) >= 11 is 0. The molecule has 0 heterocycles. The van der Waals surface area contributed by atoms with E-state index < -0.39 is 0 Å². The zero-order valence-corrected chi connectivity index (χ0v) is 13.2. The van der Waals surface area contributed by atoms with Crippen LogP contribution < -0.4 is 11.1 Å². The largest absolute Gasteiger partial charge is 0.354 e. The first-order chi connectivity index (χ1) is 8.01. The Kier molecular flexibility index (Phi) is 13.1. The lowest BCUT2D eigenvalue weighted by atomic mass is 9.99. The Labute approximate surface area is 119 Å². The average Bonchev–Trinajstić information content (AvgIpc) is 2.28. The number of amides is 1. The maximum absolute atomic E-state index is 11.7. The van der Waals surface area contributed by atoms with Crippen molar-refractivity contribution in [3.63, 3.8) is 0 Å². The van der Waals surface area contributed by atoms with Crippen molar-refractivity contribution >= 4 is 18.3 Å². The van der Waals surface area contributed by atoms with Crippen molar-refractivity contribution < 1.29 is 4.79 Å². The summed E-state index contributed by atoms with van der Waals surface area (Å²) < 4.78 is 0. The van der Waals surface area contributed by atoms with E-state index in [-0.39, 0.29) is 24.4 Å². The van der Waals surface area contributed by atoms with Crippen molar-refractivity contribution in [2.45, 2.75) is 65.8 Å². The molecule has 3 nitrogen and oxygen atoms in total. The maximum Gasteiger partial charge on any atom is 0.236 e. The lowest BCUT2D eigenvalue weighted by molar-refractivity contribution is -0.122. The van der Waals surface area contributed by atoms with Crippen LogP contribution in [0.3, 0.4) is 0 Å². The second-order valence-electron chi connectivity index (χ2n) is 5.40. The van der Waals surface area contributed by atoms with Gasteiger partial charge in [-0.3, -0.25) is 4.79 Å². The fourth-order valence-corrected chi connectivity index (χ4v) is 1.93. The summed E-state index contributed by atoms with van der Waals surface area (Å²) in [5.41, 5.74) is 5.83. The third-order valence-electron chi connectivity index (χ3n) is 3.17. The highest BCUT2D eigenvalue weighted by Crippen LogP contribution is 2.11. The maximum atomic E-state index is 11.7. The summed E-state index contributed by atoms with van der Waals surface area (Å²) in [6.45, 7) is 9.33. The minimum absolute atomic E-state index is 0. The average molecular weight is 279 g/mol. The van der Waals surface area contributed by atoms with E-state index in [0.29, 0.717) is 11.8 Å². The van der Waals surface area contributed by atoms with Crippen molar-refractivity contribution in [1.29, 1.82) is 0 Å². The zero-order valence-electron chi connectivity index (χ0n) is 12.4. The van der Waals surface area contributed by atoms with Crippen molar-refractivity contribution in [2.75, 3.05) is 6.54 Å². The quantitative estimate of drug-likeness (QED) is 0.681. The first-order valence-corrected chi connectivity index (χ1v) is 7.04. The molecule has 0 spiro atoms. The molecular formula is C14H31ClN2O. The third-order valence-corrected chi connectivity index (χ3v) is 3.17. The summed E-state index contributed by atoms with van der Waals surface area (Å²) in [6, 6.07) is -0.348. The molecule has 1 amide bonds. The van der Waals surface area contributed by atoms with Crippen LogP contribution >= 0.6 is 12.4 Å². The molecule has 0 fully saturated rings. The smallest absolute Gasteiger partial charge is 0.236 e. The minimum Gasteiger partial charge on any atom is -0.354 e. The number of hydrogen-bond acceptors (Lipinski definition) is 2. The van der Waals surface area contributed by atoms with Gasteiger partial charge in [-0.1, -0.05) is 47.0 Å². The van der Waals surface area contributed by atoms with Gasteiger partial charge >= 0.3 is 0 Å². The summed E-state index contributed by atoms with van der Waals surface area (Å²) in [5, 5.41) is 2.98. The molecule has 110 valence electrons. The second kappa shape index (κ2) is 11.8. The molecule has 0 radical (unpaired) electrons. The first-order valence-electron chi connectivity index (χ1n) is 7.04. The number of carbonyl (C=O) groups excluding carboxylic acids is 1. The van der Waals surface area contributed by atoms with Gasteiger partial charge in [0, 0.05) is 6.54 Å². The minimum atomic E-state index is -0.348. The van der Waals surface area contributed by atoms with Crippen LogP contribution in [0.15, 0.2) is 0 Å². The Bertz CT molecular complexity index is 210. The highest BCUT2D eigenvalue weighted by Gasteiger charge is 2.15. The van der Waals surface area contributed by atoms with Gasteiger partial charge in [-0.25, -0.2) is 0 Å². The van der Waals surface area contributed by atoms with Crippen molar-refractivity contribution in [3.05, 3.63) is 0 Å². The fraction of sp³-hybridized carbons (Fsp3) is 0.929. The number of halogens is 1. The zero-order chi connectivity index (χ0) is 13.3. The van der Waals surface area contributed by atoms with Gasteiger partial charge < -0.3 is 11.1 Å². The molecular weight excluding hydrogens is 248 g/mol. The Hall–Kier alpha value is -0.280. The van der Waals surface area contributed by atoms with Gasteiger partial charge in [0.15, 0.2) is 0 Å². The van der Waals surface area contributed by atoms with Crippen LogP contribution in [-0.2, 0) is 4.79 Å². The first kappa shape index (κ1) is 20.0. The van der Waals surface area contributed by atoms with Crippen LogP contribution in [0.5, 0.6) is 0 Å². The molecule has 4 heteroatoms. The molecule has 2 atom stereocenters. The lowest BCUT2D eigenvalue weighted by Crippen LogP contribution is -2.43. The van der Waals surface area contributed by atoms with Crippen LogP contribution in [-0.4, -0.2) is 18.5 Å². The van der Waals surface area contributed by atoms with Gasteiger partial charge in [-0.05, 0) is 24.7 Å². The van der Waals surface area contributed by atoms with Crippen molar-refractivity contribution in [2.24, 2.45) is 17.6 Å². The van der Waals surface area contributed by atoms with E-state index in [9.17, 15) is 4.79 Å². The Balaban J connectivity index is 0. The van der Waals surface area contributed by atoms with E-state index in [1.165, 1.54) is 19.3 Å². The van der Waals surface area contributed by atoms with Crippen LogP contribution in [0.25, 0.3) is 0 Å². The van der Waals surface area contributed by atoms with Crippen molar-refractivity contribution in [1.82, 2.24) is 5.32 Å². The van der Waals surface area contributed by atoms with Gasteiger partial charge in [-0.2, -0.15) is 0 Å². The van der Waals surface area contributed by atoms with E-state index in [0.717, 1.165) is 19.4 Å². The molecule has 0 aliphatic rings. The Morgan fingerprint density at radius 1 is 1.28 bits per heavy atom. The topological polar surface area (TPSA) is 55.1 Å². The molecule has 0 saturated carbocycles. The summed E-state index contributed by atoms with van der Waals surface area (Å²) in [7, 11) is 0. The molecule has 18 heavy (non-hydrogen) atoms. The number of unbranched alkanes of at least 4 members (excludes halogenated alkanes) is 1. The SMILES string of the molecule is CCCCC(CC)CNC(=O)[C@@H](N)CC(C)C.Cl. The number of carbonyl (C=O) groups is 1. The van der Waals surface area contributed by atoms with E-state index in [2.05, 4.69) is 33.0 Å². The highest BCUT2D eigenvalue weighted by atomic mass is 35.5. The van der Waals surface area contributed by atoms with Crippen molar-refractivity contribution in [3.8, 4) is 0 Å². The van der Waals surface area contributed by atoms with E-state index >= 15 is 0 Å². The van der Waals surface area contributed by atoms with Crippen LogP contribution in [0.1, 0.15) is 59.8 Å². The van der Waals surface area contributed by atoms with Crippen LogP contribution in [0.2, 0.25) is 0 Å². The molecule has 0 aromatic heterocycles. The number of rotatable bonds is 9. The lowest BCUT2D eigenvalue weighted by Gasteiger charge is -2.18. The monoisotopic (exact) mass is 278 g/mol. The Morgan fingerprint density at radius 3 is 2.33 bits per heavy atom. The standard InChI is InChI=1S/C14H30N2O.ClH/c1-5-7-8-12(6-2)10-16-14(17)13(15)9-11(3)4;/h11-13H,5-10,15H2,1-4H3,(H,16,17);1H/t12?,13-;/m0./s1.